The minimum atomic E-state index is -0.839. The Balaban J connectivity index is 1.97. The van der Waals surface area contributed by atoms with Crippen molar-refractivity contribution in [1.82, 2.24) is 0 Å². The monoisotopic (exact) mass is 248 g/mol. The molecule has 0 amide bonds. The normalized spacial score (nSPS) is 33.2. The van der Waals surface area contributed by atoms with Crippen LogP contribution in [0.2, 0.25) is 0 Å². The first kappa shape index (κ1) is 13.2. The number of isocyanates is 2. The van der Waals surface area contributed by atoms with E-state index in [9.17, 15) is 9.59 Å². The summed E-state index contributed by atoms with van der Waals surface area (Å²) in [5.74, 6) is 1.55. The van der Waals surface area contributed by atoms with Gasteiger partial charge in [0, 0.05) is 0 Å². The van der Waals surface area contributed by atoms with Crippen LogP contribution < -0.4 is 0 Å². The molecule has 0 radical (unpaired) electrons. The molecule has 4 nitrogen and oxygen atoms in total. The van der Waals surface area contributed by atoms with Gasteiger partial charge in [-0.1, -0.05) is 32.1 Å². The Hall–Kier alpha value is -1.24. The molecule has 0 aromatic rings. The lowest BCUT2D eigenvalue weighted by Gasteiger charge is -2.37. The molecule has 4 heteroatoms. The highest BCUT2D eigenvalue weighted by molar-refractivity contribution is 5.39. The summed E-state index contributed by atoms with van der Waals surface area (Å²) in [5.41, 5.74) is -0.839. The highest BCUT2D eigenvalue weighted by Crippen LogP contribution is 2.42. The zero-order valence-corrected chi connectivity index (χ0v) is 10.7. The van der Waals surface area contributed by atoms with Gasteiger partial charge in [-0.2, -0.15) is 9.98 Å². The molecule has 0 aromatic carbocycles. The van der Waals surface area contributed by atoms with E-state index in [-0.39, 0.29) is 0 Å². The molecule has 0 aliphatic heterocycles. The zero-order chi connectivity index (χ0) is 12.8. The Labute approximate surface area is 108 Å². The molecule has 2 aliphatic rings. The van der Waals surface area contributed by atoms with Gasteiger partial charge in [0.2, 0.25) is 12.2 Å². The van der Waals surface area contributed by atoms with Crippen LogP contribution in [0.15, 0.2) is 9.98 Å². The summed E-state index contributed by atoms with van der Waals surface area (Å²) in [7, 11) is 0. The van der Waals surface area contributed by atoms with Gasteiger partial charge in [-0.3, -0.25) is 0 Å². The van der Waals surface area contributed by atoms with Gasteiger partial charge in [0.1, 0.15) is 0 Å². The van der Waals surface area contributed by atoms with Crippen molar-refractivity contribution >= 4 is 12.2 Å². The third kappa shape index (κ3) is 2.95. The molecular formula is C14H20N2O2. The summed E-state index contributed by atoms with van der Waals surface area (Å²) < 4.78 is 0. The van der Waals surface area contributed by atoms with E-state index in [1.54, 1.807) is 12.2 Å². The van der Waals surface area contributed by atoms with Crippen LogP contribution in [0.25, 0.3) is 0 Å². The van der Waals surface area contributed by atoms with Crippen molar-refractivity contribution in [2.75, 3.05) is 0 Å². The Morgan fingerprint density at radius 2 is 1.28 bits per heavy atom. The van der Waals surface area contributed by atoms with Gasteiger partial charge in [0.05, 0.1) is 0 Å². The number of carbonyl (C=O) groups excluding carboxylic acids is 2. The van der Waals surface area contributed by atoms with Gasteiger partial charge < -0.3 is 0 Å². The molecule has 18 heavy (non-hydrogen) atoms. The van der Waals surface area contributed by atoms with E-state index >= 15 is 0 Å². The maximum Gasteiger partial charge on any atom is 0.237 e. The van der Waals surface area contributed by atoms with Crippen LogP contribution in [0.4, 0.5) is 0 Å². The lowest BCUT2D eigenvalue weighted by Crippen LogP contribution is -2.33. The summed E-state index contributed by atoms with van der Waals surface area (Å²) in [6.07, 6.45) is 13.3. The van der Waals surface area contributed by atoms with E-state index in [4.69, 9.17) is 0 Å². The molecule has 0 saturated heterocycles. The molecule has 0 unspecified atom stereocenters. The van der Waals surface area contributed by atoms with Crippen molar-refractivity contribution in [3.63, 3.8) is 0 Å². The number of aliphatic imine (C=N–C) groups is 2. The SMILES string of the molecule is O=C=NC1(N=C=O)CCC(C2CCCCC2)CC1. The average Bonchev–Trinajstić information content (AvgIpc) is 2.41. The second-order valence-electron chi connectivity index (χ2n) is 5.62. The summed E-state index contributed by atoms with van der Waals surface area (Å²) >= 11 is 0. The largest absolute Gasteiger partial charge is 0.237 e. The maximum absolute atomic E-state index is 10.5. The zero-order valence-electron chi connectivity index (χ0n) is 10.7. The van der Waals surface area contributed by atoms with Gasteiger partial charge in [0.15, 0.2) is 5.66 Å². The number of nitrogens with zero attached hydrogens (tertiary/aromatic N) is 2. The smallest absolute Gasteiger partial charge is 0.211 e. The molecule has 0 heterocycles. The third-order valence-electron chi connectivity index (χ3n) is 4.66. The summed E-state index contributed by atoms with van der Waals surface area (Å²) in [6.45, 7) is 0. The van der Waals surface area contributed by atoms with E-state index in [0.29, 0.717) is 12.8 Å². The van der Waals surface area contributed by atoms with Gasteiger partial charge >= 0.3 is 0 Å². The molecule has 0 bridgehead atoms. The van der Waals surface area contributed by atoms with Crippen molar-refractivity contribution in [1.29, 1.82) is 0 Å². The molecular weight excluding hydrogens is 228 g/mol. The third-order valence-corrected chi connectivity index (χ3v) is 4.66. The van der Waals surface area contributed by atoms with Gasteiger partial charge in [-0.15, -0.1) is 0 Å². The molecule has 2 fully saturated rings. The summed E-state index contributed by atoms with van der Waals surface area (Å²) in [5, 5.41) is 0. The average molecular weight is 248 g/mol. The van der Waals surface area contributed by atoms with E-state index in [1.165, 1.54) is 32.1 Å². The quantitative estimate of drug-likeness (QED) is 0.569. The Morgan fingerprint density at radius 1 is 0.778 bits per heavy atom. The fraction of sp³-hybridized carbons (Fsp3) is 0.857. The maximum atomic E-state index is 10.5. The highest BCUT2D eigenvalue weighted by atomic mass is 16.1. The molecule has 2 aliphatic carbocycles. The van der Waals surface area contributed by atoms with E-state index < -0.39 is 5.66 Å². The molecule has 0 atom stereocenters. The van der Waals surface area contributed by atoms with E-state index in [2.05, 4.69) is 9.98 Å². The number of rotatable bonds is 3. The fourth-order valence-electron chi connectivity index (χ4n) is 3.60. The van der Waals surface area contributed by atoms with Crippen LogP contribution in [0.3, 0.4) is 0 Å². The molecule has 2 rings (SSSR count). The minimum Gasteiger partial charge on any atom is -0.211 e. The first-order chi connectivity index (χ1) is 8.79. The predicted octanol–water partition coefficient (Wildman–Crippen LogP) is 3.12. The molecule has 0 aromatic heterocycles. The first-order valence-electron chi connectivity index (χ1n) is 6.98. The van der Waals surface area contributed by atoms with Crippen molar-refractivity contribution in [2.45, 2.75) is 63.5 Å². The number of hydrogen-bond donors (Lipinski definition) is 0. The summed E-state index contributed by atoms with van der Waals surface area (Å²) in [6, 6.07) is 0. The molecule has 2 saturated carbocycles. The first-order valence-corrected chi connectivity index (χ1v) is 6.98. The molecule has 0 spiro atoms. The number of hydrogen-bond acceptors (Lipinski definition) is 4. The van der Waals surface area contributed by atoms with Crippen LogP contribution in [0.1, 0.15) is 57.8 Å². The van der Waals surface area contributed by atoms with Gasteiger partial charge in [-0.25, -0.2) is 9.59 Å². The van der Waals surface area contributed by atoms with Crippen LogP contribution in [-0.2, 0) is 9.59 Å². The lowest BCUT2D eigenvalue weighted by molar-refractivity contribution is 0.155. The Kier molecular flexibility index (Phi) is 4.46. The molecule has 98 valence electrons. The van der Waals surface area contributed by atoms with Crippen LogP contribution in [-0.4, -0.2) is 17.8 Å². The van der Waals surface area contributed by atoms with Crippen molar-refractivity contribution in [3.8, 4) is 0 Å². The second kappa shape index (κ2) is 6.08. The fourth-order valence-corrected chi connectivity index (χ4v) is 3.60. The Bertz CT molecular complexity index is 347. The second-order valence-corrected chi connectivity index (χ2v) is 5.62. The topological polar surface area (TPSA) is 58.9 Å². The van der Waals surface area contributed by atoms with Gasteiger partial charge in [-0.05, 0) is 37.5 Å². The molecule has 0 N–H and O–H groups in total. The van der Waals surface area contributed by atoms with Crippen molar-refractivity contribution < 1.29 is 9.59 Å². The standard InChI is InChI=1S/C14H20N2O2/c17-10-15-14(16-11-18)8-6-13(7-9-14)12-4-2-1-3-5-12/h12-13H,1-9H2. The van der Waals surface area contributed by atoms with E-state index in [1.807, 2.05) is 0 Å². The van der Waals surface area contributed by atoms with Gasteiger partial charge in [0.25, 0.3) is 0 Å². The van der Waals surface area contributed by atoms with Crippen LogP contribution >= 0.6 is 0 Å². The van der Waals surface area contributed by atoms with E-state index in [0.717, 1.165) is 24.7 Å². The predicted molar refractivity (Wildman–Crippen MR) is 67.5 cm³/mol. The van der Waals surface area contributed by atoms with Crippen molar-refractivity contribution in [2.24, 2.45) is 21.8 Å². The van der Waals surface area contributed by atoms with Crippen LogP contribution in [0, 0.1) is 11.8 Å². The minimum absolute atomic E-state index is 0.693. The highest BCUT2D eigenvalue weighted by Gasteiger charge is 2.37. The summed E-state index contributed by atoms with van der Waals surface area (Å²) in [4.78, 5) is 28.4. The van der Waals surface area contributed by atoms with Crippen LogP contribution in [0.5, 0.6) is 0 Å². The van der Waals surface area contributed by atoms with Crippen molar-refractivity contribution in [3.05, 3.63) is 0 Å². The lowest BCUT2D eigenvalue weighted by atomic mass is 9.71. The Morgan fingerprint density at radius 3 is 1.78 bits per heavy atom.